The summed E-state index contributed by atoms with van der Waals surface area (Å²) >= 11 is 0. The lowest BCUT2D eigenvalue weighted by molar-refractivity contribution is 0.0921. The molecule has 25 heavy (non-hydrogen) atoms. The van der Waals surface area contributed by atoms with E-state index < -0.39 is 0 Å². The zero-order valence-electron chi connectivity index (χ0n) is 15.2. The summed E-state index contributed by atoms with van der Waals surface area (Å²) in [7, 11) is 5.98. The number of amides is 1. The molecular weight excluding hydrogens is 314 g/mol. The van der Waals surface area contributed by atoms with E-state index in [1.165, 1.54) is 5.56 Å². The van der Waals surface area contributed by atoms with Crippen molar-refractivity contribution >= 4 is 5.91 Å². The topological polar surface area (TPSA) is 53.4 Å². The number of nitrogens with zero attached hydrogens (tertiary/aromatic N) is 4. The smallest absolute Gasteiger partial charge is 0.272 e. The Hall–Kier alpha value is -2.18. The highest BCUT2D eigenvalue weighted by molar-refractivity contribution is 5.92. The van der Waals surface area contributed by atoms with Crippen molar-refractivity contribution in [3.05, 3.63) is 53.9 Å². The fourth-order valence-corrected chi connectivity index (χ4v) is 3.53. The molecule has 1 aromatic heterocycles. The maximum absolute atomic E-state index is 12.5. The zero-order valence-corrected chi connectivity index (χ0v) is 15.2. The lowest BCUT2D eigenvalue weighted by Crippen LogP contribution is -2.43. The second kappa shape index (κ2) is 7.80. The molecule has 0 aliphatic carbocycles. The number of likely N-dealkylation sites (tertiary alicyclic amines) is 1. The predicted octanol–water partition coefficient (Wildman–Crippen LogP) is 1.21. The van der Waals surface area contributed by atoms with Gasteiger partial charge in [-0.25, -0.2) is 0 Å². The molecule has 1 fully saturated rings. The number of benzene rings is 1. The van der Waals surface area contributed by atoms with Gasteiger partial charge in [0, 0.05) is 51.4 Å². The minimum atomic E-state index is -0.0871. The molecule has 0 radical (unpaired) electrons. The van der Waals surface area contributed by atoms with Crippen LogP contribution in [-0.4, -0.2) is 65.3 Å². The Morgan fingerprint density at radius 3 is 2.64 bits per heavy atom. The van der Waals surface area contributed by atoms with Crippen LogP contribution in [0.25, 0.3) is 0 Å². The van der Waals surface area contributed by atoms with Crippen LogP contribution < -0.4 is 5.32 Å². The molecule has 1 N–H and O–H groups in total. The molecule has 2 atom stereocenters. The van der Waals surface area contributed by atoms with Crippen LogP contribution in [0.4, 0.5) is 0 Å². The van der Waals surface area contributed by atoms with Crippen LogP contribution in [0.15, 0.2) is 42.6 Å². The first kappa shape index (κ1) is 17.6. The Labute approximate surface area is 149 Å². The van der Waals surface area contributed by atoms with Gasteiger partial charge in [0.15, 0.2) is 0 Å². The molecule has 1 saturated heterocycles. The normalized spacial score (nSPS) is 21.0. The van der Waals surface area contributed by atoms with Crippen molar-refractivity contribution in [2.45, 2.75) is 12.6 Å². The molecule has 1 aliphatic heterocycles. The second-order valence-electron chi connectivity index (χ2n) is 7.16. The second-order valence-corrected chi connectivity index (χ2v) is 7.16. The molecule has 2 heterocycles. The standard InChI is InChI=1S/C19H27N5O/c1-22(2)12-16-13-24(11-15-7-5-4-6-8-15)14-18(16)20-19(25)17-9-10-23(3)21-17/h4-10,16,18H,11-14H2,1-3H3,(H,20,25)/t16-,18-/m1/s1. The third kappa shape index (κ3) is 4.67. The van der Waals surface area contributed by atoms with E-state index in [-0.39, 0.29) is 11.9 Å². The van der Waals surface area contributed by atoms with E-state index in [0.29, 0.717) is 11.6 Å². The van der Waals surface area contributed by atoms with Crippen LogP contribution in [0.2, 0.25) is 0 Å². The van der Waals surface area contributed by atoms with Gasteiger partial charge >= 0.3 is 0 Å². The zero-order chi connectivity index (χ0) is 17.8. The molecule has 6 heteroatoms. The molecule has 0 saturated carbocycles. The quantitative estimate of drug-likeness (QED) is 0.858. The summed E-state index contributed by atoms with van der Waals surface area (Å²) in [6, 6.07) is 12.4. The third-order valence-electron chi connectivity index (χ3n) is 4.63. The van der Waals surface area contributed by atoms with E-state index in [2.05, 4.69) is 58.6 Å². The van der Waals surface area contributed by atoms with Gasteiger partial charge in [-0.1, -0.05) is 30.3 Å². The lowest BCUT2D eigenvalue weighted by Gasteiger charge is -2.22. The van der Waals surface area contributed by atoms with Crippen molar-refractivity contribution in [2.75, 3.05) is 33.7 Å². The summed E-state index contributed by atoms with van der Waals surface area (Å²) < 4.78 is 1.66. The summed E-state index contributed by atoms with van der Waals surface area (Å²) in [4.78, 5) is 17.1. The minimum Gasteiger partial charge on any atom is -0.346 e. The maximum Gasteiger partial charge on any atom is 0.272 e. The number of carbonyl (C=O) groups excluding carboxylic acids is 1. The van der Waals surface area contributed by atoms with Gasteiger partial charge in [-0.15, -0.1) is 0 Å². The fourth-order valence-electron chi connectivity index (χ4n) is 3.53. The van der Waals surface area contributed by atoms with Gasteiger partial charge in [-0.05, 0) is 25.7 Å². The van der Waals surface area contributed by atoms with Crippen LogP contribution in [0.1, 0.15) is 16.1 Å². The van der Waals surface area contributed by atoms with Crippen molar-refractivity contribution in [1.82, 2.24) is 24.9 Å². The van der Waals surface area contributed by atoms with Crippen LogP contribution >= 0.6 is 0 Å². The van der Waals surface area contributed by atoms with Crippen LogP contribution in [-0.2, 0) is 13.6 Å². The first-order valence-electron chi connectivity index (χ1n) is 8.73. The van der Waals surface area contributed by atoms with Gasteiger partial charge in [0.2, 0.25) is 0 Å². The summed E-state index contributed by atoms with van der Waals surface area (Å²) in [5.74, 6) is 0.322. The monoisotopic (exact) mass is 341 g/mol. The van der Waals surface area contributed by atoms with Gasteiger partial charge in [0.1, 0.15) is 5.69 Å². The summed E-state index contributed by atoms with van der Waals surface area (Å²) in [5, 5.41) is 7.40. The Balaban J connectivity index is 1.66. The Morgan fingerprint density at radius 2 is 2.00 bits per heavy atom. The molecule has 3 rings (SSSR count). The largest absolute Gasteiger partial charge is 0.346 e. The van der Waals surface area contributed by atoms with Gasteiger partial charge < -0.3 is 10.2 Å². The first-order valence-corrected chi connectivity index (χ1v) is 8.73. The highest BCUT2D eigenvalue weighted by atomic mass is 16.2. The van der Waals surface area contributed by atoms with Gasteiger partial charge in [0.25, 0.3) is 5.91 Å². The highest BCUT2D eigenvalue weighted by Gasteiger charge is 2.34. The fraction of sp³-hybridized carbons (Fsp3) is 0.474. The number of carbonyl (C=O) groups is 1. The van der Waals surface area contributed by atoms with Crippen molar-refractivity contribution in [3.63, 3.8) is 0 Å². The Kier molecular flexibility index (Phi) is 5.50. The molecule has 0 spiro atoms. The van der Waals surface area contributed by atoms with E-state index in [4.69, 9.17) is 0 Å². The van der Waals surface area contributed by atoms with Crippen molar-refractivity contribution < 1.29 is 4.79 Å². The number of nitrogens with one attached hydrogen (secondary N) is 1. The molecule has 1 aliphatic rings. The van der Waals surface area contributed by atoms with Gasteiger partial charge in [0.05, 0.1) is 0 Å². The summed E-state index contributed by atoms with van der Waals surface area (Å²) in [6.07, 6.45) is 1.79. The predicted molar refractivity (Wildman–Crippen MR) is 98.2 cm³/mol. The molecule has 1 aromatic carbocycles. The van der Waals surface area contributed by atoms with Crippen molar-refractivity contribution in [3.8, 4) is 0 Å². The molecular formula is C19H27N5O. The van der Waals surface area contributed by atoms with E-state index >= 15 is 0 Å². The molecule has 1 amide bonds. The molecule has 134 valence electrons. The average molecular weight is 341 g/mol. The van der Waals surface area contributed by atoms with E-state index in [9.17, 15) is 4.79 Å². The third-order valence-corrected chi connectivity index (χ3v) is 4.63. The first-order chi connectivity index (χ1) is 12.0. The van der Waals surface area contributed by atoms with Crippen molar-refractivity contribution in [1.29, 1.82) is 0 Å². The Morgan fingerprint density at radius 1 is 1.24 bits per heavy atom. The molecule has 6 nitrogen and oxygen atoms in total. The number of hydrogen-bond donors (Lipinski definition) is 1. The summed E-state index contributed by atoms with van der Waals surface area (Å²) in [5.41, 5.74) is 1.79. The van der Waals surface area contributed by atoms with Crippen LogP contribution in [0.5, 0.6) is 0 Å². The minimum absolute atomic E-state index is 0.0871. The molecule has 0 unspecified atom stereocenters. The number of aryl methyl sites for hydroxylation is 1. The highest BCUT2D eigenvalue weighted by Crippen LogP contribution is 2.20. The van der Waals surface area contributed by atoms with Crippen molar-refractivity contribution in [2.24, 2.45) is 13.0 Å². The Bertz CT molecular complexity index is 697. The maximum atomic E-state index is 12.5. The van der Waals surface area contributed by atoms with E-state index in [0.717, 1.165) is 26.2 Å². The average Bonchev–Trinajstić information content (AvgIpc) is 3.15. The van der Waals surface area contributed by atoms with Gasteiger partial charge in [-0.3, -0.25) is 14.4 Å². The van der Waals surface area contributed by atoms with Crippen LogP contribution in [0.3, 0.4) is 0 Å². The van der Waals surface area contributed by atoms with E-state index in [1.54, 1.807) is 16.9 Å². The molecule has 2 aromatic rings. The van der Waals surface area contributed by atoms with E-state index in [1.807, 2.05) is 13.1 Å². The number of hydrogen-bond acceptors (Lipinski definition) is 4. The molecule has 0 bridgehead atoms. The van der Waals surface area contributed by atoms with Gasteiger partial charge in [-0.2, -0.15) is 5.10 Å². The summed E-state index contributed by atoms with van der Waals surface area (Å²) in [6.45, 7) is 3.73. The number of aromatic nitrogens is 2. The SMILES string of the molecule is CN(C)C[C@@H]1CN(Cc2ccccc2)C[C@H]1NC(=O)c1ccn(C)n1. The van der Waals surface area contributed by atoms with Crippen LogP contribution in [0, 0.1) is 5.92 Å². The lowest BCUT2D eigenvalue weighted by atomic mass is 10.0. The number of rotatable bonds is 6.